The molecule has 26 heavy (non-hydrogen) atoms. The molecule has 1 aromatic carbocycles. The third kappa shape index (κ3) is 2.54. The van der Waals surface area contributed by atoms with Crippen LogP contribution in [0.5, 0.6) is 0 Å². The highest BCUT2D eigenvalue weighted by Crippen LogP contribution is 2.40. The molecule has 1 amide bonds. The van der Waals surface area contributed by atoms with Gasteiger partial charge in [0.25, 0.3) is 11.5 Å². The molecule has 10 heteroatoms. The van der Waals surface area contributed by atoms with Gasteiger partial charge in [-0.2, -0.15) is 0 Å². The van der Waals surface area contributed by atoms with Gasteiger partial charge in [0.05, 0.1) is 11.5 Å². The fourth-order valence-electron chi connectivity index (χ4n) is 3.34. The first kappa shape index (κ1) is 16.9. The van der Waals surface area contributed by atoms with Crippen molar-refractivity contribution >= 4 is 23.3 Å². The number of anilines is 1. The van der Waals surface area contributed by atoms with E-state index in [1.54, 1.807) is 13.8 Å². The van der Waals surface area contributed by atoms with Gasteiger partial charge in [0, 0.05) is 17.8 Å². The van der Waals surface area contributed by atoms with Crippen molar-refractivity contribution < 1.29 is 33.5 Å². The predicted octanol–water partition coefficient (Wildman–Crippen LogP) is 1.37. The van der Waals surface area contributed by atoms with Crippen LogP contribution in [-0.4, -0.2) is 53.7 Å². The van der Waals surface area contributed by atoms with E-state index in [0.29, 0.717) is 5.69 Å². The number of nitrogens with zero attached hydrogens (tertiary/aromatic N) is 2. The van der Waals surface area contributed by atoms with Gasteiger partial charge >= 0.3 is 6.09 Å². The van der Waals surface area contributed by atoms with E-state index in [4.69, 9.17) is 18.9 Å². The zero-order valence-corrected chi connectivity index (χ0v) is 14.0. The third-order valence-corrected chi connectivity index (χ3v) is 4.51. The molecule has 1 spiro atoms. The molecule has 10 nitrogen and oxygen atoms in total. The molecule has 0 aliphatic carbocycles. The van der Waals surface area contributed by atoms with E-state index in [-0.39, 0.29) is 18.8 Å². The summed E-state index contributed by atoms with van der Waals surface area (Å²) in [6, 6.07) is 5.35. The summed E-state index contributed by atoms with van der Waals surface area (Å²) >= 11 is 0. The van der Waals surface area contributed by atoms with Crippen molar-refractivity contribution in [3.63, 3.8) is 0 Å². The zero-order chi connectivity index (χ0) is 18.7. The van der Waals surface area contributed by atoms with Crippen molar-refractivity contribution in [3.05, 3.63) is 34.4 Å². The predicted molar refractivity (Wildman–Crippen MR) is 84.4 cm³/mol. The van der Waals surface area contributed by atoms with Crippen LogP contribution < -0.4 is 4.90 Å². The molecule has 0 unspecified atom stereocenters. The molecule has 3 aliphatic rings. The van der Waals surface area contributed by atoms with Gasteiger partial charge in [0.2, 0.25) is 5.78 Å². The average Bonchev–Trinajstić information content (AvgIpc) is 3.09. The lowest BCUT2D eigenvalue weighted by Crippen LogP contribution is -2.59. The molecule has 0 saturated carbocycles. The SMILES string of the molecule is CC1(C)O[C@@H]2CO[C@]3(CN(c4ccc([N+](=O)[O-])cc4)C(=O)O3)C(=O)[C@@H]2O1. The molecule has 4 rings (SSSR count). The number of Topliss-reactive ketones (excluding diaryl/α,β-unsaturated/α-hetero) is 1. The summed E-state index contributed by atoms with van der Waals surface area (Å²) in [6.07, 6.45) is -2.22. The lowest BCUT2D eigenvalue weighted by molar-refractivity contribution is -0.384. The monoisotopic (exact) mass is 364 g/mol. The van der Waals surface area contributed by atoms with Crippen molar-refractivity contribution in [1.82, 2.24) is 0 Å². The lowest BCUT2D eigenvalue weighted by Gasteiger charge is -2.34. The van der Waals surface area contributed by atoms with E-state index < -0.39 is 40.6 Å². The fourth-order valence-corrected chi connectivity index (χ4v) is 3.34. The second-order valence-electron chi connectivity index (χ2n) is 6.75. The molecular formula is C16H16N2O8. The highest BCUT2D eigenvalue weighted by Gasteiger charge is 2.63. The van der Waals surface area contributed by atoms with Crippen LogP contribution in [0.2, 0.25) is 0 Å². The number of benzene rings is 1. The minimum Gasteiger partial charge on any atom is -0.407 e. The Morgan fingerprint density at radius 3 is 2.54 bits per heavy atom. The Morgan fingerprint density at radius 1 is 1.19 bits per heavy atom. The number of carbonyl (C=O) groups excluding carboxylic acids is 2. The molecule has 0 bridgehead atoms. The number of nitro benzene ring substituents is 1. The van der Waals surface area contributed by atoms with Crippen molar-refractivity contribution in [3.8, 4) is 0 Å². The average molecular weight is 364 g/mol. The summed E-state index contributed by atoms with van der Waals surface area (Å²) < 4.78 is 22.1. The third-order valence-electron chi connectivity index (χ3n) is 4.51. The molecule has 3 atom stereocenters. The Labute approximate surface area is 147 Å². The molecule has 3 fully saturated rings. The van der Waals surface area contributed by atoms with Gasteiger partial charge < -0.3 is 18.9 Å². The largest absolute Gasteiger partial charge is 0.417 e. The number of fused-ring (bicyclic) bond motifs is 1. The number of hydrogen-bond donors (Lipinski definition) is 0. The normalized spacial score (nSPS) is 32.6. The summed E-state index contributed by atoms with van der Waals surface area (Å²) in [4.78, 5) is 36.6. The zero-order valence-electron chi connectivity index (χ0n) is 14.0. The van der Waals surface area contributed by atoms with Crippen LogP contribution in [0.4, 0.5) is 16.2 Å². The minimum atomic E-state index is -1.77. The topological polar surface area (TPSA) is 117 Å². The standard InChI is InChI=1S/C16H16N2O8/c1-15(2)24-11-7-23-16(13(19)12(11)25-15)8-17(14(20)26-16)9-3-5-10(6-4-9)18(21)22/h3-6,11-12H,7-8H2,1-2H3/t11-,12-,16+/m1/s1. The van der Waals surface area contributed by atoms with Crippen molar-refractivity contribution in [1.29, 1.82) is 0 Å². The first-order valence-corrected chi connectivity index (χ1v) is 8.00. The van der Waals surface area contributed by atoms with Crippen molar-refractivity contribution in [2.75, 3.05) is 18.1 Å². The Bertz CT molecular complexity index is 792. The fraction of sp³-hybridized carbons (Fsp3) is 0.500. The second kappa shape index (κ2) is 5.47. The Hall–Kier alpha value is -2.56. The summed E-state index contributed by atoms with van der Waals surface area (Å²) in [5.74, 6) is -3.22. The van der Waals surface area contributed by atoms with Crippen LogP contribution in [0.3, 0.4) is 0 Å². The van der Waals surface area contributed by atoms with Gasteiger partial charge in [-0.3, -0.25) is 19.8 Å². The highest BCUT2D eigenvalue weighted by atomic mass is 16.8. The maximum absolute atomic E-state index is 12.9. The minimum absolute atomic E-state index is 0.0429. The molecule has 0 aromatic heterocycles. The maximum atomic E-state index is 12.9. The number of rotatable bonds is 2. The molecule has 0 N–H and O–H groups in total. The summed E-state index contributed by atoms with van der Waals surface area (Å²) in [5.41, 5.74) is 0.252. The van der Waals surface area contributed by atoms with Gasteiger partial charge in [-0.1, -0.05) is 0 Å². The first-order valence-electron chi connectivity index (χ1n) is 8.00. The van der Waals surface area contributed by atoms with Crippen LogP contribution in [0.15, 0.2) is 24.3 Å². The summed E-state index contributed by atoms with van der Waals surface area (Å²) in [7, 11) is 0. The molecule has 3 heterocycles. The summed E-state index contributed by atoms with van der Waals surface area (Å²) in [6.45, 7) is 3.25. The van der Waals surface area contributed by atoms with Crippen LogP contribution in [0.1, 0.15) is 13.8 Å². The Balaban J connectivity index is 1.57. The maximum Gasteiger partial charge on any atom is 0.417 e. The van der Waals surface area contributed by atoms with Crippen LogP contribution in [0, 0.1) is 10.1 Å². The van der Waals surface area contributed by atoms with Gasteiger partial charge in [-0.25, -0.2) is 4.79 Å². The van der Waals surface area contributed by atoms with Crippen molar-refractivity contribution in [2.24, 2.45) is 0 Å². The lowest BCUT2D eigenvalue weighted by atomic mass is 9.99. The van der Waals surface area contributed by atoms with Crippen molar-refractivity contribution in [2.45, 2.75) is 37.6 Å². The molecule has 0 radical (unpaired) electrons. The quantitative estimate of drug-likeness (QED) is 0.570. The van der Waals surface area contributed by atoms with Gasteiger partial charge in [0.15, 0.2) is 11.9 Å². The first-order chi connectivity index (χ1) is 12.2. The molecule has 138 valence electrons. The molecule has 3 aliphatic heterocycles. The molecule has 3 saturated heterocycles. The van der Waals surface area contributed by atoms with E-state index >= 15 is 0 Å². The Morgan fingerprint density at radius 2 is 1.88 bits per heavy atom. The number of non-ortho nitro benzene ring substituents is 1. The Kier molecular flexibility index (Phi) is 3.55. The van der Waals surface area contributed by atoms with Crippen LogP contribution in [0.25, 0.3) is 0 Å². The number of carbonyl (C=O) groups is 2. The molecular weight excluding hydrogens is 348 g/mol. The van der Waals surface area contributed by atoms with Crippen LogP contribution >= 0.6 is 0 Å². The number of amides is 1. The molecule has 1 aromatic rings. The van der Waals surface area contributed by atoms with E-state index in [1.165, 1.54) is 29.2 Å². The van der Waals surface area contributed by atoms with E-state index in [9.17, 15) is 19.7 Å². The van der Waals surface area contributed by atoms with E-state index in [0.717, 1.165) is 0 Å². The van der Waals surface area contributed by atoms with Gasteiger partial charge in [-0.05, 0) is 26.0 Å². The van der Waals surface area contributed by atoms with E-state index in [2.05, 4.69) is 0 Å². The highest BCUT2D eigenvalue weighted by molar-refractivity contribution is 6.00. The van der Waals surface area contributed by atoms with E-state index in [1.807, 2.05) is 0 Å². The number of nitro groups is 1. The van der Waals surface area contributed by atoms with Gasteiger partial charge in [-0.15, -0.1) is 0 Å². The van der Waals surface area contributed by atoms with Gasteiger partial charge in [0.1, 0.15) is 12.6 Å². The number of hydrogen-bond acceptors (Lipinski definition) is 8. The second-order valence-corrected chi connectivity index (χ2v) is 6.75. The number of ketones is 1. The summed E-state index contributed by atoms with van der Waals surface area (Å²) in [5, 5.41) is 10.8. The van der Waals surface area contributed by atoms with Crippen LogP contribution in [-0.2, 0) is 23.7 Å². The smallest absolute Gasteiger partial charge is 0.407 e. The number of ether oxygens (including phenoxy) is 4.